The molecule has 124 valence electrons. The molecular weight excluding hydrogens is 305 g/mol. The fraction of sp³-hybridized carbons (Fsp3) is 0.250. The summed E-state index contributed by atoms with van der Waals surface area (Å²) >= 11 is 0. The van der Waals surface area contributed by atoms with E-state index in [9.17, 15) is 9.18 Å². The number of benzene rings is 2. The van der Waals surface area contributed by atoms with Gasteiger partial charge in [-0.15, -0.1) is 0 Å². The maximum atomic E-state index is 13.4. The third kappa shape index (κ3) is 2.80. The molecule has 0 spiro atoms. The van der Waals surface area contributed by atoms with Crippen LogP contribution < -0.4 is 5.32 Å². The van der Waals surface area contributed by atoms with Crippen molar-refractivity contribution in [3.05, 3.63) is 64.7 Å². The van der Waals surface area contributed by atoms with Gasteiger partial charge in [0.1, 0.15) is 11.4 Å². The Morgan fingerprint density at radius 2 is 1.79 bits per heavy atom. The van der Waals surface area contributed by atoms with Gasteiger partial charge >= 0.3 is 0 Å². The van der Waals surface area contributed by atoms with E-state index in [2.05, 4.69) is 19.2 Å². The molecule has 0 aliphatic carbocycles. The number of carbonyl (C=O) groups is 1. The molecule has 0 saturated carbocycles. The van der Waals surface area contributed by atoms with Crippen LogP contribution in [0.4, 0.5) is 10.1 Å². The van der Waals surface area contributed by atoms with Crippen LogP contribution in [0.15, 0.2) is 40.8 Å². The molecule has 0 aliphatic heterocycles. The molecule has 0 bridgehead atoms. The Hall–Kier alpha value is -2.62. The molecule has 1 amide bonds. The molecule has 3 nitrogen and oxygen atoms in total. The van der Waals surface area contributed by atoms with Gasteiger partial charge in [-0.25, -0.2) is 4.39 Å². The van der Waals surface area contributed by atoms with Crippen molar-refractivity contribution in [2.75, 3.05) is 5.32 Å². The number of para-hydroxylation sites is 1. The van der Waals surface area contributed by atoms with E-state index < -0.39 is 0 Å². The third-order valence-electron chi connectivity index (χ3n) is 4.34. The smallest absolute Gasteiger partial charge is 0.291 e. The van der Waals surface area contributed by atoms with Gasteiger partial charge in [0.05, 0.1) is 0 Å². The molecule has 1 N–H and O–H groups in total. The van der Waals surface area contributed by atoms with Crippen molar-refractivity contribution in [3.63, 3.8) is 0 Å². The number of hydrogen-bond acceptors (Lipinski definition) is 2. The molecule has 0 aliphatic rings. The average molecular weight is 325 g/mol. The Morgan fingerprint density at radius 3 is 2.42 bits per heavy atom. The number of hydrogen-bond donors (Lipinski definition) is 1. The fourth-order valence-electron chi connectivity index (χ4n) is 2.98. The predicted octanol–water partition coefficient (Wildman–Crippen LogP) is 5.26. The second kappa shape index (κ2) is 6.48. The lowest BCUT2D eigenvalue weighted by atomic mass is 10.0. The quantitative estimate of drug-likeness (QED) is 0.711. The molecular formula is C20H20FNO2. The van der Waals surface area contributed by atoms with Crippen LogP contribution >= 0.6 is 0 Å². The van der Waals surface area contributed by atoms with Gasteiger partial charge in [-0.05, 0) is 49.1 Å². The number of carbonyl (C=O) groups excluding carboxylic acids is 1. The molecule has 0 radical (unpaired) electrons. The SMILES string of the molecule is CCc1cccc(CC)c1NC(=O)c1oc2ccc(F)cc2c1C. The lowest BCUT2D eigenvalue weighted by molar-refractivity contribution is 0.0997. The first-order valence-electron chi connectivity index (χ1n) is 8.15. The number of furan rings is 1. The Morgan fingerprint density at radius 1 is 1.12 bits per heavy atom. The summed E-state index contributed by atoms with van der Waals surface area (Å²) in [6, 6.07) is 10.3. The summed E-state index contributed by atoms with van der Waals surface area (Å²) in [5.41, 5.74) is 4.18. The van der Waals surface area contributed by atoms with Crippen LogP contribution in [0.2, 0.25) is 0 Å². The summed E-state index contributed by atoms with van der Waals surface area (Å²) in [6.45, 7) is 5.88. The van der Waals surface area contributed by atoms with E-state index in [4.69, 9.17) is 4.42 Å². The van der Waals surface area contributed by atoms with Crippen LogP contribution in [-0.4, -0.2) is 5.91 Å². The molecule has 3 rings (SSSR count). The van der Waals surface area contributed by atoms with Crippen molar-refractivity contribution in [1.29, 1.82) is 0 Å². The maximum Gasteiger partial charge on any atom is 0.291 e. The fourth-order valence-corrected chi connectivity index (χ4v) is 2.98. The molecule has 2 aromatic carbocycles. The van der Waals surface area contributed by atoms with Gasteiger partial charge in [0, 0.05) is 16.6 Å². The minimum absolute atomic E-state index is 0.226. The van der Waals surface area contributed by atoms with E-state index in [-0.39, 0.29) is 17.5 Å². The summed E-state index contributed by atoms with van der Waals surface area (Å²) in [7, 11) is 0. The van der Waals surface area contributed by atoms with Gasteiger partial charge in [0.25, 0.3) is 5.91 Å². The van der Waals surface area contributed by atoms with Crippen LogP contribution in [0, 0.1) is 12.7 Å². The molecule has 0 atom stereocenters. The summed E-state index contributed by atoms with van der Waals surface area (Å²) in [4.78, 5) is 12.7. The van der Waals surface area contributed by atoms with E-state index >= 15 is 0 Å². The monoisotopic (exact) mass is 325 g/mol. The van der Waals surface area contributed by atoms with Crippen LogP contribution in [0.3, 0.4) is 0 Å². The van der Waals surface area contributed by atoms with Crippen LogP contribution in [-0.2, 0) is 12.8 Å². The van der Waals surface area contributed by atoms with Crippen molar-refractivity contribution in [3.8, 4) is 0 Å². The number of anilines is 1. The van der Waals surface area contributed by atoms with Crippen molar-refractivity contribution in [2.24, 2.45) is 0 Å². The summed E-state index contributed by atoms with van der Waals surface area (Å²) in [5.74, 6) is -0.425. The lowest BCUT2D eigenvalue weighted by Gasteiger charge is -2.13. The standard InChI is InChI=1S/C20H20FNO2/c1-4-13-7-6-8-14(5-2)18(13)22-20(23)19-12(3)16-11-15(21)9-10-17(16)24-19/h6-11H,4-5H2,1-3H3,(H,22,23). The lowest BCUT2D eigenvalue weighted by Crippen LogP contribution is -2.15. The minimum Gasteiger partial charge on any atom is -0.451 e. The number of amides is 1. The second-order valence-electron chi connectivity index (χ2n) is 5.81. The first-order valence-corrected chi connectivity index (χ1v) is 8.15. The number of aryl methyl sites for hydroxylation is 3. The normalized spacial score (nSPS) is 11.0. The first-order chi connectivity index (χ1) is 11.5. The maximum absolute atomic E-state index is 13.4. The van der Waals surface area contributed by atoms with E-state index in [0.29, 0.717) is 16.5 Å². The molecule has 0 fully saturated rings. The Kier molecular flexibility index (Phi) is 4.38. The Labute approximate surface area is 140 Å². The zero-order chi connectivity index (χ0) is 17.3. The van der Waals surface area contributed by atoms with E-state index in [0.717, 1.165) is 29.7 Å². The van der Waals surface area contributed by atoms with Gasteiger partial charge in [-0.3, -0.25) is 4.79 Å². The van der Waals surface area contributed by atoms with Crippen molar-refractivity contribution < 1.29 is 13.6 Å². The number of halogens is 1. The largest absolute Gasteiger partial charge is 0.451 e. The number of fused-ring (bicyclic) bond motifs is 1. The van der Waals surface area contributed by atoms with E-state index in [1.54, 1.807) is 13.0 Å². The third-order valence-corrected chi connectivity index (χ3v) is 4.34. The summed E-state index contributed by atoms with van der Waals surface area (Å²) in [5, 5.41) is 3.61. The minimum atomic E-state index is -0.344. The van der Waals surface area contributed by atoms with Crippen molar-refractivity contribution in [1.82, 2.24) is 0 Å². The topological polar surface area (TPSA) is 42.2 Å². The van der Waals surface area contributed by atoms with Crippen LogP contribution in [0.5, 0.6) is 0 Å². The number of nitrogens with one attached hydrogen (secondary N) is 1. The molecule has 1 heterocycles. The molecule has 0 saturated heterocycles. The van der Waals surface area contributed by atoms with Gasteiger partial charge in [-0.2, -0.15) is 0 Å². The van der Waals surface area contributed by atoms with Crippen molar-refractivity contribution in [2.45, 2.75) is 33.6 Å². The highest BCUT2D eigenvalue weighted by Crippen LogP contribution is 2.28. The summed E-state index contributed by atoms with van der Waals surface area (Å²) in [6.07, 6.45) is 1.65. The zero-order valence-corrected chi connectivity index (χ0v) is 14.1. The van der Waals surface area contributed by atoms with Crippen molar-refractivity contribution >= 4 is 22.6 Å². The van der Waals surface area contributed by atoms with Gasteiger partial charge in [0.15, 0.2) is 5.76 Å². The molecule has 4 heteroatoms. The number of rotatable bonds is 4. The molecule has 24 heavy (non-hydrogen) atoms. The Bertz CT molecular complexity index is 889. The highest BCUT2D eigenvalue weighted by atomic mass is 19.1. The second-order valence-corrected chi connectivity index (χ2v) is 5.81. The van der Waals surface area contributed by atoms with Gasteiger partial charge in [-0.1, -0.05) is 32.0 Å². The van der Waals surface area contributed by atoms with Gasteiger partial charge < -0.3 is 9.73 Å². The Balaban J connectivity index is 2.01. The van der Waals surface area contributed by atoms with Gasteiger partial charge in [0.2, 0.25) is 0 Å². The zero-order valence-electron chi connectivity index (χ0n) is 14.1. The first kappa shape index (κ1) is 16.2. The van der Waals surface area contributed by atoms with E-state index in [1.807, 2.05) is 18.2 Å². The molecule has 3 aromatic rings. The summed E-state index contributed by atoms with van der Waals surface area (Å²) < 4.78 is 19.1. The average Bonchev–Trinajstić information content (AvgIpc) is 2.91. The van der Waals surface area contributed by atoms with Crippen LogP contribution in [0.1, 0.15) is 41.1 Å². The predicted molar refractivity (Wildman–Crippen MR) is 94.1 cm³/mol. The highest BCUT2D eigenvalue weighted by molar-refractivity contribution is 6.07. The molecule has 0 unspecified atom stereocenters. The van der Waals surface area contributed by atoms with Crippen LogP contribution in [0.25, 0.3) is 11.0 Å². The highest BCUT2D eigenvalue weighted by Gasteiger charge is 2.20. The van der Waals surface area contributed by atoms with E-state index in [1.165, 1.54) is 12.1 Å². The molecule has 1 aromatic heterocycles.